The number of fused-ring (bicyclic) bond motifs is 1. The van der Waals surface area contributed by atoms with E-state index in [9.17, 15) is 18.8 Å². The van der Waals surface area contributed by atoms with Gasteiger partial charge in [-0.1, -0.05) is 12.1 Å². The van der Waals surface area contributed by atoms with Gasteiger partial charge in [-0.3, -0.25) is 19.4 Å². The SMILES string of the molecule is CN1C(=O)N(Cc2cccc(F)c2)C(=O)C2C1=NC=CC2=[N+]1CCN(C(=O)c2ccco2)CC1. The Kier molecular flexibility index (Phi) is 5.56. The minimum absolute atomic E-state index is 0.0357. The molecule has 4 amide bonds. The van der Waals surface area contributed by atoms with Gasteiger partial charge in [-0.2, -0.15) is 0 Å². The van der Waals surface area contributed by atoms with E-state index in [1.807, 2.05) is 4.58 Å². The first-order valence-electron chi connectivity index (χ1n) is 11.0. The van der Waals surface area contributed by atoms with Crippen molar-refractivity contribution >= 4 is 29.4 Å². The van der Waals surface area contributed by atoms with Crippen LogP contribution < -0.4 is 0 Å². The largest absolute Gasteiger partial charge is 0.459 e. The zero-order chi connectivity index (χ0) is 23.8. The van der Waals surface area contributed by atoms with Crippen molar-refractivity contribution in [3.63, 3.8) is 0 Å². The number of aliphatic imine (C=N–C) groups is 1. The summed E-state index contributed by atoms with van der Waals surface area (Å²) in [5.41, 5.74) is 1.25. The fraction of sp³-hybridized carbons (Fsp3) is 0.292. The van der Waals surface area contributed by atoms with E-state index in [0.717, 1.165) is 10.6 Å². The molecule has 0 radical (unpaired) electrons. The molecule has 1 atom stereocenters. The molecule has 0 N–H and O–H groups in total. The van der Waals surface area contributed by atoms with E-state index in [2.05, 4.69) is 4.99 Å². The molecule has 5 rings (SSSR count). The topological polar surface area (TPSA) is 89.4 Å². The molecule has 1 unspecified atom stereocenters. The molecule has 34 heavy (non-hydrogen) atoms. The number of furan rings is 1. The lowest BCUT2D eigenvalue weighted by atomic mass is 9.94. The molecule has 2 saturated heterocycles. The summed E-state index contributed by atoms with van der Waals surface area (Å²) in [5, 5.41) is 0. The van der Waals surface area contributed by atoms with Crippen molar-refractivity contribution in [3.05, 3.63) is 72.1 Å². The Balaban J connectivity index is 1.39. The summed E-state index contributed by atoms with van der Waals surface area (Å²) in [4.78, 5) is 47.6. The molecule has 3 aliphatic rings. The standard InChI is InChI=1S/C24H23FN5O4/c1-27-21-20(23(32)30(24(27)33)15-16-4-2-5-17(25)14-16)18(7-8-26-21)28-9-11-29(12-10-28)22(31)19-6-3-13-34-19/h2-8,13-14,20H,9-12,15H2,1H3/q+1. The maximum absolute atomic E-state index is 13.7. The first-order valence-corrected chi connectivity index (χ1v) is 11.0. The van der Waals surface area contributed by atoms with Crippen molar-refractivity contribution in [3.8, 4) is 0 Å². The summed E-state index contributed by atoms with van der Waals surface area (Å²) in [7, 11) is 1.58. The predicted octanol–water partition coefficient (Wildman–Crippen LogP) is 1.96. The van der Waals surface area contributed by atoms with Crippen LogP contribution in [0.5, 0.6) is 0 Å². The molecule has 3 aliphatic heterocycles. The third kappa shape index (κ3) is 3.81. The number of hydrogen-bond acceptors (Lipinski definition) is 5. The van der Waals surface area contributed by atoms with E-state index in [4.69, 9.17) is 4.42 Å². The molecule has 4 heterocycles. The van der Waals surface area contributed by atoms with Crippen molar-refractivity contribution in [1.82, 2.24) is 14.7 Å². The zero-order valence-corrected chi connectivity index (χ0v) is 18.6. The molecule has 2 fully saturated rings. The Morgan fingerprint density at radius 3 is 2.71 bits per heavy atom. The Bertz CT molecular complexity index is 1240. The molecular formula is C24H23FN5O4+. The Morgan fingerprint density at radius 1 is 1.21 bits per heavy atom. The molecular weight excluding hydrogens is 441 g/mol. The van der Waals surface area contributed by atoms with Crippen LogP contribution in [0, 0.1) is 11.7 Å². The van der Waals surface area contributed by atoms with Gasteiger partial charge in [0.2, 0.25) is 0 Å². The Labute approximate surface area is 195 Å². The van der Waals surface area contributed by atoms with Gasteiger partial charge in [-0.05, 0) is 29.8 Å². The van der Waals surface area contributed by atoms with Crippen LogP contribution in [-0.2, 0) is 11.3 Å². The maximum atomic E-state index is 13.7. The summed E-state index contributed by atoms with van der Waals surface area (Å²) in [6.07, 6.45) is 4.83. The summed E-state index contributed by atoms with van der Waals surface area (Å²) in [6, 6.07) is 8.65. The van der Waals surface area contributed by atoms with Crippen molar-refractivity contribution in [1.29, 1.82) is 0 Å². The minimum atomic E-state index is -0.756. The number of carbonyl (C=O) groups excluding carboxylic acids is 3. The average Bonchev–Trinajstić information content (AvgIpc) is 3.40. The van der Waals surface area contributed by atoms with Crippen molar-refractivity contribution in [2.24, 2.45) is 10.9 Å². The van der Waals surface area contributed by atoms with Crippen molar-refractivity contribution in [2.45, 2.75) is 6.54 Å². The number of amides is 4. The lowest BCUT2D eigenvalue weighted by Gasteiger charge is -2.38. The van der Waals surface area contributed by atoms with Crippen LogP contribution in [0.3, 0.4) is 0 Å². The predicted molar refractivity (Wildman–Crippen MR) is 120 cm³/mol. The minimum Gasteiger partial charge on any atom is -0.459 e. The molecule has 1 aromatic carbocycles. The number of allylic oxidation sites excluding steroid dienone is 1. The summed E-state index contributed by atoms with van der Waals surface area (Å²) >= 11 is 0. The molecule has 0 bridgehead atoms. The molecule has 174 valence electrons. The Hall–Kier alpha value is -4.08. The second-order valence-electron chi connectivity index (χ2n) is 8.31. The zero-order valence-electron chi connectivity index (χ0n) is 18.6. The van der Waals surface area contributed by atoms with Crippen LogP contribution in [-0.4, -0.2) is 81.9 Å². The fourth-order valence-electron chi connectivity index (χ4n) is 4.51. The quantitative estimate of drug-likeness (QED) is 0.650. The van der Waals surface area contributed by atoms with Crippen molar-refractivity contribution in [2.75, 3.05) is 33.2 Å². The smallest absolute Gasteiger partial charge is 0.332 e. The van der Waals surface area contributed by atoms with E-state index in [0.29, 0.717) is 43.3 Å². The molecule has 0 spiro atoms. The lowest BCUT2D eigenvalue weighted by molar-refractivity contribution is -0.538. The second kappa shape index (κ2) is 8.69. The third-order valence-electron chi connectivity index (χ3n) is 6.27. The first-order chi connectivity index (χ1) is 16.4. The number of nitrogens with zero attached hydrogens (tertiary/aromatic N) is 5. The number of carbonyl (C=O) groups is 3. The fourth-order valence-corrected chi connectivity index (χ4v) is 4.51. The first kappa shape index (κ1) is 21.7. The number of amidine groups is 1. The molecule has 1 aromatic heterocycles. The number of halogens is 1. The molecule has 0 aliphatic carbocycles. The highest BCUT2D eigenvalue weighted by molar-refractivity contribution is 6.30. The maximum Gasteiger partial charge on any atom is 0.332 e. The summed E-state index contributed by atoms with van der Waals surface area (Å²) in [6.45, 7) is 1.93. The van der Waals surface area contributed by atoms with Crippen LogP contribution in [0.4, 0.5) is 9.18 Å². The van der Waals surface area contributed by atoms with Gasteiger partial charge in [-0.25, -0.2) is 18.8 Å². The van der Waals surface area contributed by atoms with Crippen LogP contribution in [0.15, 0.2) is 64.3 Å². The van der Waals surface area contributed by atoms with Gasteiger partial charge in [0.15, 0.2) is 30.5 Å². The number of benzene rings is 1. The van der Waals surface area contributed by atoms with Gasteiger partial charge in [0.1, 0.15) is 11.7 Å². The number of imide groups is 1. The van der Waals surface area contributed by atoms with Gasteiger partial charge >= 0.3 is 6.03 Å². The molecule has 0 saturated carbocycles. The van der Waals surface area contributed by atoms with Crippen LogP contribution >= 0.6 is 0 Å². The van der Waals surface area contributed by atoms with Gasteiger partial charge in [0.25, 0.3) is 11.8 Å². The van der Waals surface area contributed by atoms with Gasteiger partial charge in [0, 0.05) is 19.3 Å². The molecule has 10 heteroatoms. The highest BCUT2D eigenvalue weighted by atomic mass is 19.1. The highest BCUT2D eigenvalue weighted by Crippen LogP contribution is 2.25. The number of urea groups is 1. The van der Waals surface area contributed by atoms with Crippen molar-refractivity contribution < 1.29 is 27.8 Å². The van der Waals surface area contributed by atoms with E-state index >= 15 is 0 Å². The van der Waals surface area contributed by atoms with Crippen LogP contribution in [0.2, 0.25) is 0 Å². The third-order valence-corrected chi connectivity index (χ3v) is 6.27. The van der Waals surface area contributed by atoms with E-state index in [-0.39, 0.29) is 12.5 Å². The number of piperazine rings is 1. The van der Waals surface area contributed by atoms with Gasteiger partial charge in [-0.15, -0.1) is 0 Å². The summed E-state index contributed by atoms with van der Waals surface area (Å²) < 4.78 is 20.9. The second-order valence-corrected chi connectivity index (χ2v) is 8.31. The number of hydrogen-bond donors (Lipinski definition) is 0. The van der Waals surface area contributed by atoms with Gasteiger partial charge < -0.3 is 9.32 Å². The molecule has 9 nitrogen and oxygen atoms in total. The highest BCUT2D eigenvalue weighted by Gasteiger charge is 2.49. The Morgan fingerprint density at radius 2 is 2.00 bits per heavy atom. The number of rotatable bonds is 3. The summed E-state index contributed by atoms with van der Waals surface area (Å²) in [5.74, 6) is -1.11. The van der Waals surface area contributed by atoms with E-state index < -0.39 is 23.7 Å². The van der Waals surface area contributed by atoms with Gasteiger partial charge in [0.05, 0.1) is 25.9 Å². The van der Waals surface area contributed by atoms with Crippen LogP contribution in [0.1, 0.15) is 16.1 Å². The van der Waals surface area contributed by atoms with Crippen LogP contribution in [0.25, 0.3) is 0 Å². The normalized spacial score (nSPS) is 20.6. The van der Waals surface area contributed by atoms with E-state index in [1.54, 1.807) is 48.5 Å². The monoisotopic (exact) mass is 464 g/mol. The molecule has 2 aromatic rings. The van der Waals surface area contributed by atoms with E-state index in [1.165, 1.54) is 23.3 Å². The lowest BCUT2D eigenvalue weighted by Crippen LogP contribution is -2.61. The average molecular weight is 464 g/mol.